The predicted octanol–water partition coefficient (Wildman–Crippen LogP) is 9.78. The SMILES string of the molecule is C=CC1CCC(C)CC1.C=Cc1sc(C#CC(C)(C)C)cc1N(C)C1CCN(S(=C)c2cccnc2)CC1.CC. The van der Waals surface area contributed by atoms with E-state index in [9.17, 15) is 0 Å². The standard InChI is InChI=1S/C24H31N3S2.C9H16.C2H6/c1-7-23-22(17-20(28-23)10-13-24(2,3)4)26(5)19-11-15-27(16-12-19)29(6)21-9-8-14-25-18-21;1-3-9-6-4-8(2)5-7-9;1-2/h7-9,14,17-19H,1,6,11-12,15-16H2,2-5H3;3,8-9H,1,4-7H2,2H3;1-2H3. The van der Waals surface area contributed by atoms with E-state index in [0.717, 1.165) is 42.6 Å². The molecule has 1 unspecified atom stereocenters. The van der Waals surface area contributed by atoms with E-state index >= 15 is 0 Å². The molecule has 1 saturated carbocycles. The number of thiophene rings is 1. The van der Waals surface area contributed by atoms with Crippen molar-refractivity contribution in [3.8, 4) is 11.8 Å². The molecule has 1 atom stereocenters. The Morgan fingerprint density at radius 3 is 2.27 bits per heavy atom. The van der Waals surface area contributed by atoms with E-state index in [4.69, 9.17) is 0 Å². The Bertz CT molecular complexity index is 1120. The van der Waals surface area contributed by atoms with E-state index in [-0.39, 0.29) is 16.1 Å². The Labute approximate surface area is 252 Å². The zero-order chi connectivity index (χ0) is 29.7. The Balaban J connectivity index is 0.000000428. The van der Waals surface area contributed by atoms with Crippen LogP contribution in [-0.2, 0) is 0 Å². The molecule has 0 amide bonds. The van der Waals surface area contributed by atoms with E-state index in [2.05, 4.69) is 98.0 Å². The first-order chi connectivity index (χ1) is 19.1. The van der Waals surface area contributed by atoms with Crippen LogP contribution >= 0.6 is 22.0 Å². The van der Waals surface area contributed by atoms with Gasteiger partial charge in [0, 0.05) is 48.9 Å². The average Bonchev–Trinajstić information content (AvgIpc) is 3.41. The zero-order valence-corrected chi connectivity index (χ0v) is 27.8. The number of piperidine rings is 1. The lowest BCUT2D eigenvalue weighted by Gasteiger charge is -2.38. The van der Waals surface area contributed by atoms with E-state index in [1.165, 1.54) is 41.1 Å². The average molecular weight is 580 g/mol. The van der Waals surface area contributed by atoms with Crippen molar-refractivity contribution in [1.29, 1.82) is 0 Å². The fourth-order valence-electron chi connectivity index (χ4n) is 4.93. The van der Waals surface area contributed by atoms with Crippen LogP contribution in [0.25, 0.3) is 6.08 Å². The van der Waals surface area contributed by atoms with Crippen molar-refractivity contribution < 1.29 is 0 Å². The molecule has 2 aromatic rings. The zero-order valence-electron chi connectivity index (χ0n) is 26.2. The van der Waals surface area contributed by atoms with Crippen molar-refractivity contribution in [2.75, 3.05) is 25.0 Å². The molecule has 0 aromatic carbocycles. The molecule has 1 aliphatic heterocycles. The highest BCUT2D eigenvalue weighted by Gasteiger charge is 2.26. The van der Waals surface area contributed by atoms with Gasteiger partial charge in [0.25, 0.3) is 0 Å². The highest BCUT2D eigenvalue weighted by Crippen LogP contribution is 2.36. The molecule has 3 heterocycles. The van der Waals surface area contributed by atoms with Crippen molar-refractivity contribution in [3.63, 3.8) is 0 Å². The van der Waals surface area contributed by atoms with Gasteiger partial charge in [-0.25, -0.2) is 0 Å². The lowest BCUT2D eigenvalue weighted by atomic mass is 9.83. The quantitative estimate of drug-likeness (QED) is 0.193. The van der Waals surface area contributed by atoms with Crippen molar-refractivity contribution in [2.24, 2.45) is 17.3 Å². The second-order valence-electron chi connectivity index (χ2n) is 11.6. The van der Waals surface area contributed by atoms with Gasteiger partial charge in [0.05, 0.1) is 15.4 Å². The van der Waals surface area contributed by atoms with Crippen molar-refractivity contribution in [3.05, 3.63) is 59.6 Å². The maximum Gasteiger partial charge on any atom is 0.0796 e. The smallest absolute Gasteiger partial charge is 0.0796 e. The summed E-state index contributed by atoms with van der Waals surface area (Å²) in [6.07, 6.45) is 15.7. The van der Waals surface area contributed by atoms with Gasteiger partial charge >= 0.3 is 0 Å². The molecule has 0 radical (unpaired) electrons. The molecule has 1 saturated heterocycles. The molecular formula is C35H53N3S2. The van der Waals surface area contributed by atoms with Crippen LogP contribution in [0.1, 0.15) is 89.8 Å². The molecule has 40 heavy (non-hydrogen) atoms. The number of nitrogens with zero attached hydrogens (tertiary/aromatic N) is 3. The van der Waals surface area contributed by atoms with E-state index in [1.54, 1.807) is 11.3 Å². The van der Waals surface area contributed by atoms with Gasteiger partial charge < -0.3 is 4.90 Å². The Morgan fingerprint density at radius 1 is 1.10 bits per heavy atom. The van der Waals surface area contributed by atoms with Gasteiger partial charge in [-0.3, -0.25) is 9.29 Å². The van der Waals surface area contributed by atoms with Crippen LogP contribution in [0, 0.1) is 29.1 Å². The molecule has 0 spiro atoms. The number of aromatic nitrogens is 1. The second kappa shape index (κ2) is 17.0. The van der Waals surface area contributed by atoms with E-state index < -0.39 is 0 Å². The maximum absolute atomic E-state index is 4.40. The first-order valence-electron chi connectivity index (χ1n) is 14.9. The van der Waals surface area contributed by atoms with Gasteiger partial charge in [0.15, 0.2) is 0 Å². The monoisotopic (exact) mass is 579 g/mol. The van der Waals surface area contributed by atoms with Crippen LogP contribution in [-0.4, -0.2) is 41.3 Å². The molecule has 2 fully saturated rings. The first kappa shape index (κ1) is 34.1. The van der Waals surface area contributed by atoms with Crippen LogP contribution in [0.5, 0.6) is 0 Å². The molecule has 220 valence electrons. The second-order valence-corrected chi connectivity index (χ2v) is 14.4. The van der Waals surface area contributed by atoms with Crippen LogP contribution < -0.4 is 4.90 Å². The molecule has 2 aromatic heterocycles. The highest BCUT2D eigenvalue weighted by molar-refractivity contribution is 8.12. The minimum Gasteiger partial charge on any atom is -0.370 e. The topological polar surface area (TPSA) is 19.4 Å². The third kappa shape index (κ3) is 10.7. The number of allylic oxidation sites excluding steroid dienone is 1. The minimum atomic E-state index is -0.136. The summed E-state index contributed by atoms with van der Waals surface area (Å²) in [5.41, 5.74) is 1.26. The van der Waals surface area contributed by atoms with Crippen LogP contribution in [0.15, 0.2) is 54.7 Å². The van der Waals surface area contributed by atoms with Gasteiger partial charge in [-0.15, -0.1) is 17.9 Å². The van der Waals surface area contributed by atoms with Crippen LogP contribution in [0.4, 0.5) is 5.69 Å². The van der Waals surface area contributed by atoms with Crippen LogP contribution in [0.3, 0.4) is 0 Å². The summed E-state index contributed by atoms with van der Waals surface area (Å²) in [5, 5.41) is 0. The summed E-state index contributed by atoms with van der Waals surface area (Å²) < 4.78 is 2.49. The highest BCUT2D eigenvalue weighted by atomic mass is 32.2. The summed E-state index contributed by atoms with van der Waals surface area (Å²) in [4.78, 5) is 10.2. The molecule has 1 aliphatic carbocycles. The number of rotatable bonds is 6. The fourth-order valence-corrected chi connectivity index (χ4v) is 7.20. The van der Waals surface area contributed by atoms with Crippen molar-refractivity contribution in [1.82, 2.24) is 9.29 Å². The normalized spacial score (nSPS) is 20.4. The van der Waals surface area contributed by atoms with Gasteiger partial charge in [0.1, 0.15) is 0 Å². The molecular weight excluding hydrogens is 527 g/mol. The largest absolute Gasteiger partial charge is 0.370 e. The van der Waals surface area contributed by atoms with Crippen LogP contribution in [0.2, 0.25) is 0 Å². The summed E-state index contributed by atoms with van der Waals surface area (Å²) in [7, 11) is 2.07. The molecule has 0 N–H and O–H groups in total. The Hall–Kier alpha value is -2.13. The van der Waals surface area contributed by atoms with E-state index in [0.29, 0.717) is 6.04 Å². The molecule has 3 nitrogen and oxygen atoms in total. The third-order valence-electron chi connectivity index (χ3n) is 7.45. The van der Waals surface area contributed by atoms with Crippen molar-refractivity contribution in [2.45, 2.75) is 91.0 Å². The maximum atomic E-state index is 4.40. The molecule has 5 heteroatoms. The lowest BCUT2D eigenvalue weighted by Crippen LogP contribution is -2.41. The third-order valence-corrected chi connectivity index (χ3v) is 10.3. The predicted molar refractivity (Wildman–Crippen MR) is 184 cm³/mol. The van der Waals surface area contributed by atoms with Crippen molar-refractivity contribution >= 4 is 39.6 Å². The minimum absolute atomic E-state index is 0.0109. The number of anilines is 1. The summed E-state index contributed by atoms with van der Waals surface area (Å²) in [6.45, 7) is 22.7. The lowest BCUT2D eigenvalue weighted by molar-refractivity contribution is 0.331. The number of hydrogen-bond donors (Lipinski definition) is 0. The summed E-state index contributed by atoms with van der Waals surface area (Å²) in [5.74, 6) is 12.9. The van der Waals surface area contributed by atoms with E-state index in [1.807, 2.05) is 38.4 Å². The summed E-state index contributed by atoms with van der Waals surface area (Å²) >= 11 is 1.74. The first-order valence-corrected chi connectivity index (χ1v) is 17.1. The molecule has 4 rings (SSSR count). The Kier molecular flexibility index (Phi) is 14.5. The number of hydrogen-bond acceptors (Lipinski definition) is 4. The fraction of sp³-hybridized carbons (Fsp3) is 0.543. The molecule has 2 aliphatic rings. The van der Waals surface area contributed by atoms with Gasteiger partial charge in [-0.1, -0.05) is 80.7 Å². The molecule has 0 bridgehead atoms. The number of pyridine rings is 1. The summed E-state index contributed by atoms with van der Waals surface area (Å²) in [6, 6.07) is 6.88. The van der Waals surface area contributed by atoms with Gasteiger partial charge in [-0.05, 0) is 76.5 Å². The van der Waals surface area contributed by atoms with Gasteiger partial charge in [-0.2, -0.15) is 0 Å². The Morgan fingerprint density at radius 2 is 1.75 bits per heavy atom. The van der Waals surface area contributed by atoms with Gasteiger partial charge in [0.2, 0.25) is 0 Å².